The molecule has 6 heteroatoms. The summed E-state index contributed by atoms with van der Waals surface area (Å²) in [5.41, 5.74) is 0. The molecule has 0 aliphatic heterocycles. The molecule has 17 heavy (non-hydrogen) atoms. The first-order valence-electron chi connectivity index (χ1n) is 5.84. The summed E-state index contributed by atoms with van der Waals surface area (Å²) in [6.45, 7) is 0.755. The van der Waals surface area contributed by atoms with Gasteiger partial charge >= 0.3 is 0 Å². The minimum absolute atomic E-state index is 0.141. The first kappa shape index (κ1) is 12.6. The standard InChI is InChI=1S/C11H17BrN4O/c1-13-11-14-7-9(12)10(15-11)16(5-6-17)8-3-2-4-8/h7-8,17H,2-6H2,1H3,(H,13,14,15). The monoisotopic (exact) mass is 300 g/mol. The number of halogens is 1. The van der Waals surface area contributed by atoms with Gasteiger partial charge in [-0.25, -0.2) is 4.98 Å². The van der Waals surface area contributed by atoms with E-state index in [1.54, 1.807) is 13.2 Å². The topological polar surface area (TPSA) is 61.3 Å². The molecule has 1 saturated carbocycles. The third kappa shape index (κ3) is 2.69. The van der Waals surface area contributed by atoms with Gasteiger partial charge in [0.05, 0.1) is 11.1 Å². The molecule has 1 aliphatic rings. The molecule has 2 N–H and O–H groups in total. The predicted molar refractivity (Wildman–Crippen MR) is 71.3 cm³/mol. The SMILES string of the molecule is CNc1ncc(Br)c(N(CCO)C2CCC2)n1. The average Bonchev–Trinajstić information content (AvgIpc) is 2.27. The molecule has 0 bridgehead atoms. The number of aliphatic hydroxyl groups is 1. The smallest absolute Gasteiger partial charge is 0.224 e. The molecule has 0 spiro atoms. The van der Waals surface area contributed by atoms with E-state index in [-0.39, 0.29) is 6.61 Å². The number of hydrogen-bond donors (Lipinski definition) is 2. The Balaban J connectivity index is 2.26. The number of nitrogens with zero attached hydrogens (tertiary/aromatic N) is 3. The zero-order valence-corrected chi connectivity index (χ0v) is 11.4. The van der Waals surface area contributed by atoms with Crippen molar-refractivity contribution < 1.29 is 5.11 Å². The van der Waals surface area contributed by atoms with Crippen molar-refractivity contribution in [2.75, 3.05) is 30.4 Å². The van der Waals surface area contributed by atoms with Gasteiger partial charge in [0.15, 0.2) is 0 Å². The van der Waals surface area contributed by atoms with Crippen molar-refractivity contribution in [1.82, 2.24) is 9.97 Å². The van der Waals surface area contributed by atoms with Crippen LogP contribution in [-0.2, 0) is 0 Å². The molecule has 2 rings (SSSR count). The van der Waals surface area contributed by atoms with Crippen molar-refractivity contribution in [3.63, 3.8) is 0 Å². The van der Waals surface area contributed by atoms with E-state index in [4.69, 9.17) is 5.11 Å². The largest absolute Gasteiger partial charge is 0.395 e. The highest BCUT2D eigenvalue weighted by molar-refractivity contribution is 9.10. The molecule has 1 aromatic heterocycles. The van der Waals surface area contributed by atoms with Crippen LogP contribution in [0.25, 0.3) is 0 Å². The van der Waals surface area contributed by atoms with Crippen LogP contribution in [0.2, 0.25) is 0 Å². The van der Waals surface area contributed by atoms with Crippen molar-refractivity contribution in [2.24, 2.45) is 0 Å². The fourth-order valence-electron chi connectivity index (χ4n) is 1.95. The molecule has 0 amide bonds. The first-order chi connectivity index (χ1) is 8.26. The number of anilines is 2. The summed E-state index contributed by atoms with van der Waals surface area (Å²) < 4.78 is 0.872. The molecule has 0 aromatic carbocycles. The Morgan fingerprint density at radius 1 is 1.59 bits per heavy atom. The second-order valence-corrected chi connectivity index (χ2v) is 4.97. The minimum Gasteiger partial charge on any atom is -0.395 e. The molecular weight excluding hydrogens is 284 g/mol. The Kier molecular flexibility index (Phi) is 4.17. The number of hydrogen-bond acceptors (Lipinski definition) is 5. The van der Waals surface area contributed by atoms with E-state index >= 15 is 0 Å². The molecule has 0 saturated heterocycles. The van der Waals surface area contributed by atoms with Gasteiger partial charge in [0.1, 0.15) is 5.82 Å². The molecule has 1 fully saturated rings. The summed E-state index contributed by atoms with van der Waals surface area (Å²) in [6.07, 6.45) is 5.35. The number of nitrogens with one attached hydrogen (secondary N) is 1. The second-order valence-electron chi connectivity index (χ2n) is 4.12. The molecule has 94 valence electrons. The van der Waals surface area contributed by atoms with Crippen LogP contribution >= 0.6 is 15.9 Å². The van der Waals surface area contributed by atoms with Gasteiger partial charge in [0.2, 0.25) is 5.95 Å². The maximum atomic E-state index is 9.17. The number of aliphatic hydroxyl groups excluding tert-OH is 1. The third-order valence-electron chi connectivity index (χ3n) is 3.08. The van der Waals surface area contributed by atoms with Gasteiger partial charge in [-0.1, -0.05) is 0 Å². The van der Waals surface area contributed by atoms with Gasteiger partial charge in [-0.15, -0.1) is 0 Å². The Hall–Kier alpha value is -0.880. The molecule has 0 radical (unpaired) electrons. The summed E-state index contributed by atoms with van der Waals surface area (Å²) in [6, 6.07) is 0.498. The summed E-state index contributed by atoms with van der Waals surface area (Å²) in [5.74, 6) is 1.47. The highest BCUT2D eigenvalue weighted by atomic mass is 79.9. The lowest BCUT2D eigenvalue weighted by Crippen LogP contribution is -2.42. The highest BCUT2D eigenvalue weighted by Gasteiger charge is 2.27. The van der Waals surface area contributed by atoms with Crippen molar-refractivity contribution in [1.29, 1.82) is 0 Å². The van der Waals surface area contributed by atoms with E-state index in [0.717, 1.165) is 10.3 Å². The van der Waals surface area contributed by atoms with Crippen LogP contribution in [0.3, 0.4) is 0 Å². The zero-order valence-electron chi connectivity index (χ0n) is 9.86. The zero-order chi connectivity index (χ0) is 12.3. The summed E-state index contributed by atoms with van der Waals surface area (Å²) in [4.78, 5) is 10.8. The molecule has 5 nitrogen and oxygen atoms in total. The lowest BCUT2D eigenvalue weighted by Gasteiger charge is -2.38. The normalized spacial score (nSPS) is 15.5. The lowest BCUT2D eigenvalue weighted by atomic mass is 9.91. The van der Waals surface area contributed by atoms with Crippen molar-refractivity contribution in [3.05, 3.63) is 10.7 Å². The molecule has 0 atom stereocenters. The van der Waals surface area contributed by atoms with Crippen LogP contribution in [0.1, 0.15) is 19.3 Å². The van der Waals surface area contributed by atoms with Crippen LogP contribution in [0.4, 0.5) is 11.8 Å². The Morgan fingerprint density at radius 2 is 2.35 bits per heavy atom. The Morgan fingerprint density at radius 3 is 2.88 bits per heavy atom. The van der Waals surface area contributed by atoms with Gasteiger partial charge in [-0.05, 0) is 35.2 Å². The van der Waals surface area contributed by atoms with Crippen molar-refractivity contribution in [2.45, 2.75) is 25.3 Å². The van der Waals surface area contributed by atoms with E-state index in [1.807, 2.05) is 0 Å². The van der Waals surface area contributed by atoms with Crippen molar-refractivity contribution >= 4 is 27.7 Å². The van der Waals surface area contributed by atoms with Crippen molar-refractivity contribution in [3.8, 4) is 0 Å². The van der Waals surface area contributed by atoms with Gasteiger partial charge in [0, 0.05) is 25.8 Å². The van der Waals surface area contributed by atoms with Crippen LogP contribution in [-0.4, -0.2) is 41.3 Å². The molecular formula is C11H17BrN4O. The fraction of sp³-hybridized carbons (Fsp3) is 0.636. The summed E-state index contributed by atoms with van der Waals surface area (Å²) in [7, 11) is 1.80. The average molecular weight is 301 g/mol. The van der Waals surface area contributed by atoms with Gasteiger partial charge in [0.25, 0.3) is 0 Å². The maximum absolute atomic E-state index is 9.17. The van der Waals surface area contributed by atoms with Gasteiger partial charge in [-0.2, -0.15) is 4.98 Å². The van der Waals surface area contributed by atoms with E-state index < -0.39 is 0 Å². The Bertz CT molecular complexity index is 384. The molecule has 1 aliphatic carbocycles. The quantitative estimate of drug-likeness (QED) is 0.865. The van der Waals surface area contributed by atoms with E-state index in [1.165, 1.54) is 19.3 Å². The summed E-state index contributed by atoms with van der Waals surface area (Å²) >= 11 is 3.48. The molecule has 1 heterocycles. The highest BCUT2D eigenvalue weighted by Crippen LogP contribution is 2.32. The van der Waals surface area contributed by atoms with E-state index in [2.05, 4.69) is 36.1 Å². The number of rotatable bonds is 5. The minimum atomic E-state index is 0.141. The van der Waals surface area contributed by atoms with Crippen LogP contribution < -0.4 is 10.2 Å². The maximum Gasteiger partial charge on any atom is 0.224 e. The second kappa shape index (κ2) is 5.64. The Labute approximate surface area is 109 Å². The van der Waals surface area contributed by atoms with Crippen LogP contribution in [0.15, 0.2) is 10.7 Å². The van der Waals surface area contributed by atoms with Gasteiger partial charge < -0.3 is 15.3 Å². The lowest BCUT2D eigenvalue weighted by molar-refractivity contribution is 0.283. The first-order valence-corrected chi connectivity index (χ1v) is 6.63. The van der Waals surface area contributed by atoms with E-state index in [9.17, 15) is 0 Å². The predicted octanol–water partition coefficient (Wildman–Crippen LogP) is 1.63. The molecule has 0 unspecified atom stereocenters. The summed E-state index contributed by atoms with van der Waals surface area (Å²) in [5, 5.41) is 12.1. The van der Waals surface area contributed by atoms with Crippen LogP contribution in [0, 0.1) is 0 Å². The van der Waals surface area contributed by atoms with E-state index in [0.29, 0.717) is 18.5 Å². The third-order valence-corrected chi connectivity index (χ3v) is 3.64. The number of aromatic nitrogens is 2. The fourth-order valence-corrected chi connectivity index (χ4v) is 2.37. The van der Waals surface area contributed by atoms with Crippen LogP contribution in [0.5, 0.6) is 0 Å². The molecule has 1 aromatic rings. The van der Waals surface area contributed by atoms with Gasteiger partial charge in [-0.3, -0.25) is 0 Å².